The summed E-state index contributed by atoms with van der Waals surface area (Å²) in [6, 6.07) is 2.84. The summed E-state index contributed by atoms with van der Waals surface area (Å²) in [6.45, 7) is 0. The number of rotatable bonds is 1. The summed E-state index contributed by atoms with van der Waals surface area (Å²) in [5, 5.41) is 9.00. The number of hydrogen-bond acceptors (Lipinski definition) is 1. The highest BCUT2D eigenvalue weighted by Gasteiger charge is 2.09. The average molecular weight is 168 g/mol. The predicted octanol–water partition coefficient (Wildman–Crippen LogP) is 1.63. The van der Waals surface area contributed by atoms with Gasteiger partial charge >= 0.3 is 0 Å². The van der Waals surface area contributed by atoms with E-state index in [1.54, 1.807) is 0 Å². The molecule has 3 heteroatoms. The molecule has 0 fully saturated rings. The monoisotopic (exact) mass is 168 g/mol. The summed E-state index contributed by atoms with van der Waals surface area (Å²) < 4.78 is 25.1. The van der Waals surface area contributed by atoms with Crippen LogP contribution in [-0.2, 0) is 0 Å². The molecule has 0 spiro atoms. The van der Waals surface area contributed by atoms with Gasteiger partial charge in [0.25, 0.3) is 0 Å². The van der Waals surface area contributed by atoms with Crippen molar-refractivity contribution in [3.8, 4) is 12.3 Å². The van der Waals surface area contributed by atoms with E-state index in [9.17, 15) is 8.78 Å². The van der Waals surface area contributed by atoms with Gasteiger partial charge in [-0.2, -0.15) is 0 Å². The highest BCUT2D eigenvalue weighted by molar-refractivity contribution is 5.25. The number of benzene rings is 1. The Morgan fingerprint density at radius 1 is 1.42 bits per heavy atom. The van der Waals surface area contributed by atoms with Gasteiger partial charge in [0, 0.05) is 11.6 Å². The zero-order chi connectivity index (χ0) is 9.14. The van der Waals surface area contributed by atoms with E-state index in [-0.39, 0.29) is 5.56 Å². The van der Waals surface area contributed by atoms with Crippen LogP contribution in [0.1, 0.15) is 11.7 Å². The molecule has 0 aliphatic carbocycles. The lowest BCUT2D eigenvalue weighted by molar-refractivity contribution is 0.232. The summed E-state index contributed by atoms with van der Waals surface area (Å²) in [7, 11) is 0. The SMILES string of the molecule is C#CC(O)c1ccc(F)cc1F. The quantitative estimate of drug-likeness (QED) is 0.632. The van der Waals surface area contributed by atoms with Gasteiger partial charge in [-0.3, -0.25) is 0 Å². The second-order valence-corrected chi connectivity index (χ2v) is 2.24. The lowest BCUT2D eigenvalue weighted by Gasteiger charge is -2.04. The molecule has 1 rings (SSSR count). The van der Waals surface area contributed by atoms with Crippen LogP contribution >= 0.6 is 0 Å². The minimum Gasteiger partial charge on any atom is -0.376 e. The van der Waals surface area contributed by atoms with Gasteiger partial charge in [0.05, 0.1) is 0 Å². The molecule has 1 nitrogen and oxygen atoms in total. The lowest BCUT2D eigenvalue weighted by atomic mass is 10.1. The Balaban J connectivity index is 3.11. The first-order valence-corrected chi connectivity index (χ1v) is 3.24. The van der Waals surface area contributed by atoms with Gasteiger partial charge in [0.2, 0.25) is 0 Å². The van der Waals surface area contributed by atoms with E-state index in [1.807, 2.05) is 5.92 Å². The van der Waals surface area contributed by atoms with Crippen LogP contribution in [0.3, 0.4) is 0 Å². The van der Waals surface area contributed by atoms with E-state index < -0.39 is 17.7 Å². The lowest BCUT2D eigenvalue weighted by Crippen LogP contribution is -1.97. The number of aliphatic hydroxyl groups excluding tert-OH is 1. The van der Waals surface area contributed by atoms with Crippen molar-refractivity contribution in [2.24, 2.45) is 0 Å². The fraction of sp³-hybridized carbons (Fsp3) is 0.111. The number of hydrogen-bond donors (Lipinski definition) is 1. The third-order valence-corrected chi connectivity index (χ3v) is 1.41. The molecule has 62 valence electrons. The Labute approximate surface area is 68.7 Å². The molecular formula is C9H6F2O. The van der Waals surface area contributed by atoms with E-state index in [2.05, 4.69) is 0 Å². The molecule has 0 radical (unpaired) electrons. The molecular weight excluding hydrogens is 162 g/mol. The van der Waals surface area contributed by atoms with Crippen LogP contribution in [0, 0.1) is 24.0 Å². The van der Waals surface area contributed by atoms with Crippen molar-refractivity contribution in [3.05, 3.63) is 35.4 Å². The van der Waals surface area contributed by atoms with Crippen LogP contribution in [0.5, 0.6) is 0 Å². The van der Waals surface area contributed by atoms with Crippen LogP contribution in [0.2, 0.25) is 0 Å². The van der Waals surface area contributed by atoms with Crippen molar-refractivity contribution in [2.45, 2.75) is 6.10 Å². The van der Waals surface area contributed by atoms with E-state index in [1.165, 1.54) is 0 Å². The molecule has 0 amide bonds. The fourth-order valence-corrected chi connectivity index (χ4v) is 0.813. The average Bonchev–Trinajstić information content (AvgIpc) is 2.03. The van der Waals surface area contributed by atoms with Gasteiger partial charge in [-0.25, -0.2) is 8.78 Å². The smallest absolute Gasteiger partial charge is 0.142 e. The van der Waals surface area contributed by atoms with Gasteiger partial charge in [0.15, 0.2) is 0 Å². The van der Waals surface area contributed by atoms with Crippen LogP contribution < -0.4 is 0 Å². The molecule has 0 saturated carbocycles. The Morgan fingerprint density at radius 2 is 2.08 bits per heavy atom. The Bertz CT molecular complexity index is 328. The van der Waals surface area contributed by atoms with Gasteiger partial charge in [0.1, 0.15) is 17.7 Å². The number of terminal acetylenes is 1. The molecule has 1 unspecified atom stereocenters. The molecule has 0 heterocycles. The molecule has 12 heavy (non-hydrogen) atoms. The van der Waals surface area contributed by atoms with Crippen LogP contribution in [0.25, 0.3) is 0 Å². The standard InChI is InChI=1S/C9H6F2O/c1-2-9(12)7-4-3-6(10)5-8(7)11/h1,3-5,9,12H. The van der Waals surface area contributed by atoms with Crippen molar-refractivity contribution < 1.29 is 13.9 Å². The molecule has 1 aromatic rings. The second kappa shape index (κ2) is 3.33. The maximum atomic E-state index is 12.8. The van der Waals surface area contributed by atoms with Crippen LogP contribution in [0.15, 0.2) is 18.2 Å². The highest BCUT2D eigenvalue weighted by atomic mass is 19.1. The molecule has 1 aromatic carbocycles. The molecule has 0 aliphatic rings. The Morgan fingerprint density at radius 3 is 2.58 bits per heavy atom. The first-order valence-electron chi connectivity index (χ1n) is 3.24. The minimum atomic E-state index is -1.31. The summed E-state index contributed by atoms with van der Waals surface area (Å²) in [6.07, 6.45) is 3.54. The summed E-state index contributed by atoms with van der Waals surface area (Å²) in [5.41, 5.74) is -0.0844. The molecule has 0 saturated heterocycles. The van der Waals surface area contributed by atoms with Crippen molar-refractivity contribution in [2.75, 3.05) is 0 Å². The summed E-state index contributed by atoms with van der Waals surface area (Å²) in [5.74, 6) is 0.408. The van der Waals surface area contributed by atoms with Gasteiger partial charge < -0.3 is 5.11 Å². The van der Waals surface area contributed by atoms with E-state index in [0.717, 1.165) is 12.1 Å². The summed E-state index contributed by atoms with van der Waals surface area (Å²) in [4.78, 5) is 0. The van der Waals surface area contributed by atoms with E-state index >= 15 is 0 Å². The maximum Gasteiger partial charge on any atom is 0.142 e. The first kappa shape index (κ1) is 8.69. The van der Waals surface area contributed by atoms with Crippen molar-refractivity contribution >= 4 is 0 Å². The second-order valence-electron chi connectivity index (χ2n) is 2.24. The van der Waals surface area contributed by atoms with E-state index in [0.29, 0.717) is 6.07 Å². The molecule has 0 aromatic heterocycles. The third kappa shape index (κ3) is 1.60. The maximum absolute atomic E-state index is 12.8. The zero-order valence-corrected chi connectivity index (χ0v) is 6.09. The summed E-state index contributed by atoms with van der Waals surface area (Å²) >= 11 is 0. The van der Waals surface area contributed by atoms with Crippen molar-refractivity contribution in [1.29, 1.82) is 0 Å². The van der Waals surface area contributed by atoms with Crippen molar-refractivity contribution in [3.63, 3.8) is 0 Å². The fourth-order valence-electron chi connectivity index (χ4n) is 0.813. The van der Waals surface area contributed by atoms with Gasteiger partial charge in [-0.15, -0.1) is 6.42 Å². The van der Waals surface area contributed by atoms with Gasteiger partial charge in [-0.05, 0) is 12.1 Å². The Kier molecular flexibility index (Phi) is 2.41. The third-order valence-electron chi connectivity index (χ3n) is 1.41. The highest BCUT2D eigenvalue weighted by Crippen LogP contribution is 2.16. The topological polar surface area (TPSA) is 20.2 Å². The molecule has 0 bridgehead atoms. The van der Waals surface area contributed by atoms with E-state index in [4.69, 9.17) is 11.5 Å². The molecule has 1 N–H and O–H groups in total. The van der Waals surface area contributed by atoms with Gasteiger partial charge in [-0.1, -0.05) is 5.92 Å². The zero-order valence-electron chi connectivity index (χ0n) is 6.09. The number of aliphatic hydroxyl groups is 1. The van der Waals surface area contributed by atoms with Crippen molar-refractivity contribution in [1.82, 2.24) is 0 Å². The largest absolute Gasteiger partial charge is 0.376 e. The molecule has 0 aliphatic heterocycles. The van der Waals surface area contributed by atoms with Crippen LogP contribution in [0.4, 0.5) is 8.78 Å². The minimum absolute atomic E-state index is 0.0844. The normalized spacial score (nSPS) is 12.2. The number of halogens is 2. The Hall–Kier alpha value is -1.40. The van der Waals surface area contributed by atoms with Crippen LogP contribution in [-0.4, -0.2) is 5.11 Å². The predicted molar refractivity (Wildman–Crippen MR) is 40.2 cm³/mol. The molecule has 1 atom stereocenters. The first-order chi connectivity index (χ1) is 5.65.